The lowest BCUT2D eigenvalue weighted by Gasteiger charge is -2.36. The Balaban J connectivity index is 1.35. The van der Waals surface area contributed by atoms with Crippen molar-refractivity contribution in [1.29, 1.82) is 0 Å². The molecule has 4 heterocycles. The highest BCUT2D eigenvalue weighted by Gasteiger charge is 2.42. The van der Waals surface area contributed by atoms with Crippen LogP contribution in [0, 0.1) is 5.92 Å². The summed E-state index contributed by atoms with van der Waals surface area (Å²) in [5.74, 6) is 1.45. The molecule has 1 N–H and O–H groups in total. The first-order valence-electron chi connectivity index (χ1n) is 9.04. The summed E-state index contributed by atoms with van der Waals surface area (Å²) in [6, 6.07) is 4.23. The van der Waals surface area contributed by atoms with Crippen LogP contribution in [0.4, 0.5) is 0 Å². The van der Waals surface area contributed by atoms with Crippen molar-refractivity contribution in [3.8, 4) is 0 Å². The van der Waals surface area contributed by atoms with Gasteiger partial charge in [-0.3, -0.25) is 14.5 Å². The fourth-order valence-corrected chi connectivity index (χ4v) is 4.41. The maximum atomic E-state index is 13.0. The fraction of sp³-hybridized carbons (Fsp3) is 0.667. The number of piperidine rings is 1. The molecule has 0 aliphatic carbocycles. The van der Waals surface area contributed by atoms with E-state index in [4.69, 9.17) is 4.42 Å². The Kier molecular flexibility index (Phi) is 4.31. The highest BCUT2D eigenvalue weighted by atomic mass is 16.3. The molecular formula is C18H25N3O3. The van der Waals surface area contributed by atoms with Crippen LogP contribution in [0.25, 0.3) is 0 Å². The van der Waals surface area contributed by atoms with Crippen LogP contribution in [-0.4, -0.2) is 53.3 Å². The monoisotopic (exact) mass is 331 g/mol. The van der Waals surface area contributed by atoms with Crippen molar-refractivity contribution in [2.24, 2.45) is 5.92 Å². The Hall–Kier alpha value is -1.82. The van der Waals surface area contributed by atoms with Crippen molar-refractivity contribution in [3.05, 3.63) is 24.2 Å². The molecule has 0 saturated carbocycles. The molecule has 3 aliphatic heterocycles. The Morgan fingerprint density at radius 1 is 1.21 bits per heavy atom. The minimum Gasteiger partial charge on any atom is -0.468 e. The van der Waals surface area contributed by atoms with E-state index in [0.717, 1.165) is 51.1 Å². The summed E-state index contributed by atoms with van der Waals surface area (Å²) < 4.78 is 5.41. The van der Waals surface area contributed by atoms with Crippen molar-refractivity contribution in [1.82, 2.24) is 15.1 Å². The SMILES string of the molecule is O=C1C[C@H]2CC[C@@H](CN1)N2C(=O)C1CCN(Cc2ccco2)CC1. The van der Waals surface area contributed by atoms with Gasteiger partial charge in [0.05, 0.1) is 12.8 Å². The van der Waals surface area contributed by atoms with Crippen LogP contribution >= 0.6 is 0 Å². The van der Waals surface area contributed by atoms with Gasteiger partial charge in [0.2, 0.25) is 11.8 Å². The van der Waals surface area contributed by atoms with E-state index in [1.165, 1.54) is 0 Å². The van der Waals surface area contributed by atoms with Gasteiger partial charge in [-0.05, 0) is 50.9 Å². The predicted molar refractivity (Wildman–Crippen MR) is 88.0 cm³/mol. The number of nitrogens with one attached hydrogen (secondary N) is 1. The second-order valence-corrected chi connectivity index (χ2v) is 7.27. The lowest BCUT2D eigenvalue weighted by atomic mass is 9.94. The van der Waals surface area contributed by atoms with Gasteiger partial charge in [0, 0.05) is 31.0 Å². The molecule has 3 fully saturated rings. The molecule has 24 heavy (non-hydrogen) atoms. The average Bonchev–Trinajstić information content (AvgIpc) is 3.18. The molecule has 0 unspecified atom stereocenters. The molecule has 3 saturated heterocycles. The van der Waals surface area contributed by atoms with Crippen LogP contribution in [0.1, 0.15) is 37.9 Å². The van der Waals surface area contributed by atoms with Gasteiger partial charge in [0.25, 0.3) is 0 Å². The van der Waals surface area contributed by atoms with Crippen molar-refractivity contribution >= 4 is 11.8 Å². The molecule has 0 spiro atoms. The summed E-state index contributed by atoms with van der Waals surface area (Å²) in [6.45, 7) is 3.30. The summed E-state index contributed by atoms with van der Waals surface area (Å²) in [4.78, 5) is 29.2. The lowest BCUT2D eigenvalue weighted by Crippen LogP contribution is -2.48. The highest BCUT2D eigenvalue weighted by Crippen LogP contribution is 2.32. The molecule has 130 valence electrons. The maximum Gasteiger partial charge on any atom is 0.226 e. The van der Waals surface area contributed by atoms with E-state index >= 15 is 0 Å². The van der Waals surface area contributed by atoms with E-state index in [2.05, 4.69) is 10.2 Å². The molecule has 2 atom stereocenters. The minimum absolute atomic E-state index is 0.0910. The van der Waals surface area contributed by atoms with Gasteiger partial charge >= 0.3 is 0 Å². The van der Waals surface area contributed by atoms with Gasteiger partial charge < -0.3 is 14.6 Å². The number of carbonyl (C=O) groups excluding carboxylic acids is 2. The standard InChI is InChI=1S/C18H25N3O3/c22-17-10-14-3-4-15(11-19-17)21(14)18(23)13-5-7-20(8-6-13)12-16-2-1-9-24-16/h1-2,9,13-15H,3-8,10-12H2,(H,19,22)/t14-,15+/m1/s1. The van der Waals surface area contributed by atoms with Crippen LogP contribution in [0.5, 0.6) is 0 Å². The van der Waals surface area contributed by atoms with E-state index in [1.54, 1.807) is 6.26 Å². The smallest absolute Gasteiger partial charge is 0.226 e. The molecular weight excluding hydrogens is 306 g/mol. The first kappa shape index (κ1) is 15.7. The third kappa shape index (κ3) is 3.07. The lowest BCUT2D eigenvalue weighted by molar-refractivity contribution is -0.139. The molecule has 0 aromatic carbocycles. The first-order chi connectivity index (χ1) is 11.7. The number of amides is 2. The maximum absolute atomic E-state index is 13.0. The molecule has 4 rings (SSSR count). The molecule has 1 aromatic heterocycles. The third-order valence-electron chi connectivity index (χ3n) is 5.73. The number of rotatable bonds is 3. The molecule has 3 aliphatic rings. The van der Waals surface area contributed by atoms with Gasteiger partial charge in [-0.15, -0.1) is 0 Å². The van der Waals surface area contributed by atoms with E-state index in [-0.39, 0.29) is 29.8 Å². The first-order valence-corrected chi connectivity index (χ1v) is 9.04. The number of hydrogen-bond acceptors (Lipinski definition) is 4. The molecule has 6 nitrogen and oxygen atoms in total. The Morgan fingerprint density at radius 2 is 2.00 bits per heavy atom. The zero-order chi connectivity index (χ0) is 16.5. The van der Waals surface area contributed by atoms with Crippen LogP contribution in [-0.2, 0) is 16.1 Å². The molecule has 6 heteroatoms. The van der Waals surface area contributed by atoms with Crippen LogP contribution in [0.3, 0.4) is 0 Å². The normalized spacial score (nSPS) is 28.7. The minimum atomic E-state index is 0.0910. The van der Waals surface area contributed by atoms with E-state index in [9.17, 15) is 9.59 Å². The fourth-order valence-electron chi connectivity index (χ4n) is 4.41. The van der Waals surface area contributed by atoms with E-state index < -0.39 is 0 Å². The summed E-state index contributed by atoms with van der Waals surface area (Å²) in [5.41, 5.74) is 0. The summed E-state index contributed by atoms with van der Waals surface area (Å²) in [7, 11) is 0. The van der Waals surface area contributed by atoms with Crippen molar-refractivity contribution in [3.63, 3.8) is 0 Å². The summed E-state index contributed by atoms with van der Waals surface area (Å²) in [6.07, 6.45) is 5.97. The van der Waals surface area contributed by atoms with E-state index in [0.29, 0.717) is 13.0 Å². The molecule has 1 aromatic rings. The van der Waals surface area contributed by atoms with Gasteiger partial charge in [-0.2, -0.15) is 0 Å². The number of furan rings is 1. The summed E-state index contributed by atoms with van der Waals surface area (Å²) in [5, 5.41) is 2.94. The van der Waals surface area contributed by atoms with Gasteiger partial charge in [-0.1, -0.05) is 0 Å². The van der Waals surface area contributed by atoms with Crippen LogP contribution in [0.15, 0.2) is 22.8 Å². The Labute approximate surface area is 142 Å². The average molecular weight is 331 g/mol. The number of fused-ring (bicyclic) bond motifs is 2. The van der Waals surface area contributed by atoms with Crippen molar-refractivity contribution in [2.75, 3.05) is 19.6 Å². The highest BCUT2D eigenvalue weighted by molar-refractivity contribution is 5.83. The second kappa shape index (κ2) is 6.59. The van der Waals surface area contributed by atoms with Gasteiger partial charge in [-0.25, -0.2) is 0 Å². The third-order valence-corrected chi connectivity index (χ3v) is 5.73. The Morgan fingerprint density at radius 3 is 2.75 bits per heavy atom. The predicted octanol–water partition coefficient (Wildman–Crippen LogP) is 1.37. The number of nitrogens with zero attached hydrogens (tertiary/aromatic N) is 2. The topological polar surface area (TPSA) is 65.8 Å². The quantitative estimate of drug-likeness (QED) is 0.908. The summed E-state index contributed by atoms with van der Waals surface area (Å²) >= 11 is 0. The Bertz CT molecular complexity index is 593. The molecule has 2 amide bonds. The number of likely N-dealkylation sites (tertiary alicyclic amines) is 1. The zero-order valence-electron chi connectivity index (χ0n) is 13.9. The largest absolute Gasteiger partial charge is 0.468 e. The number of carbonyl (C=O) groups is 2. The van der Waals surface area contributed by atoms with Gasteiger partial charge in [0.15, 0.2) is 0 Å². The molecule has 0 radical (unpaired) electrons. The van der Waals surface area contributed by atoms with Crippen LogP contribution in [0.2, 0.25) is 0 Å². The van der Waals surface area contributed by atoms with Crippen LogP contribution < -0.4 is 5.32 Å². The molecule has 2 bridgehead atoms. The second-order valence-electron chi connectivity index (χ2n) is 7.27. The van der Waals surface area contributed by atoms with Crippen molar-refractivity contribution in [2.45, 2.75) is 50.7 Å². The van der Waals surface area contributed by atoms with Gasteiger partial charge in [0.1, 0.15) is 5.76 Å². The van der Waals surface area contributed by atoms with E-state index in [1.807, 2.05) is 17.0 Å². The zero-order valence-corrected chi connectivity index (χ0v) is 13.9. The van der Waals surface area contributed by atoms with Crippen molar-refractivity contribution < 1.29 is 14.0 Å². The number of hydrogen-bond donors (Lipinski definition) is 1.